The Kier molecular flexibility index (Phi) is 3.33. The molecule has 4 heteroatoms. The summed E-state index contributed by atoms with van der Waals surface area (Å²) in [6.07, 6.45) is 0. The van der Waals surface area contributed by atoms with Crippen molar-refractivity contribution in [2.24, 2.45) is 0 Å². The molecule has 0 spiro atoms. The third-order valence-corrected chi connectivity index (χ3v) is 3.53. The van der Waals surface area contributed by atoms with E-state index in [4.69, 9.17) is 0 Å². The second-order valence-corrected chi connectivity index (χ2v) is 5.24. The van der Waals surface area contributed by atoms with Gasteiger partial charge in [0.1, 0.15) is 0 Å². The number of hydrogen-bond donors (Lipinski definition) is 0. The highest BCUT2D eigenvalue weighted by Gasteiger charge is 2.28. The standard InChI is InChI=1S/C13H22N4/c1-9-6-10(2)15-13(14-9)17-8-11(3)16(5)7-12(17)4/h6,11-12H,7-8H2,1-5H3/t11-,12+/m0/s1. The summed E-state index contributed by atoms with van der Waals surface area (Å²) < 4.78 is 0. The summed E-state index contributed by atoms with van der Waals surface area (Å²) in [5.74, 6) is 0.884. The highest BCUT2D eigenvalue weighted by molar-refractivity contribution is 5.35. The lowest BCUT2D eigenvalue weighted by Gasteiger charge is -2.42. The van der Waals surface area contributed by atoms with Crippen LogP contribution >= 0.6 is 0 Å². The van der Waals surface area contributed by atoms with E-state index in [9.17, 15) is 0 Å². The van der Waals surface area contributed by atoms with Crippen molar-refractivity contribution in [2.75, 3.05) is 25.0 Å². The van der Waals surface area contributed by atoms with Crippen LogP contribution in [0.25, 0.3) is 0 Å². The number of nitrogens with zero attached hydrogens (tertiary/aromatic N) is 4. The van der Waals surface area contributed by atoms with Crippen LogP contribution in [0.1, 0.15) is 25.2 Å². The topological polar surface area (TPSA) is 32.3 Å². The van der Waals surface area contributed by atoms with Gasteiger partial charge >= 0.3 is 0 Å². The zero-order chi connectivity index (χ0) is 12.6. The van der Waals surface area contributed by atoms with Gasteiger partial charge < -0.3 is 4.90 Å². The number of piperazine rings is 1. The largest absolute Gasteiger partial charge is 0.335 e. The molecule has 0 radical (unpaired) electrons. The lowest BCUT2D eigenvalue weighted by molar-refractivity contribution is 0.204. The molecule has 0 aromatic carbocycles. The van der Waals surface area contributed by atoms with Crippen molar-refractivity contribution < 1.29 is 0 Å². The second-order valence-electron chi connectivity index (χ2n) is 5.24. The highest BCUT2D eigenvalue weighted by Crippen LogP contribution is 2.19. The van der Waals surface area contributed by atoms with Gasteiger partial charge in [-0.05, 0) is 40.8 Å². The van der Waals surface area contributed by atoms with Crippen LogP contribution in [0, 0.1) is 13.8 Å². The maximum absolute atomic E-state index is 4.56. The van der Waals surface area contributed by atoms with Crippen molar-refractivity contribution >= 4 is 5.95 Å². The first kappa shape index (κ1) is 12.3. The summed E-state index contributed by atoms with van der Waals surface area (Å²) in [6.45, 7) is 10.6. The molecular formula is C13H22N4. The summed E-state index contributed by atoms with van der Waals surface area (Å²) in [6, 6.07) is 3.04. The van der Waals surface area contributed by atoms with Crippen molar-refractivity contribution in [3.8, 4) is 0 Å². The van der Waals surface area contributed by atoms with Crippen LogP contribution in [-0.4, -0.2) is 47.1 Å². The first-order valence-electron chi connectivity index (χ1n) is 6.26. The van der Waals surface area contributed by atoms with E-state index < -0.39 is 0 Å². The summed E-state index contributed by atoms with van der Waals surface area (Å²) in [5, 5.41) is 0. The van der Waals surface area contributed by atoms with Crippen LogP contribution in [-0.2, 0) is 0 Å². The average Bonchev–Trinajstić information content (AvgIpc) is 2.22. The molecule has 1 aliphatic rings. The minimum Gasteiger partial charge on any atom is -0.335 e. The lowest BCUT2D eigenvalue weighted by Crippen LogP contribution is -2.55. The summed E-state index contributed by atoms with van der Waals surface area (Å²) in [7, 11) is 2.18. The van der Waals surface area contributed by atoms with Gasteiger partial charge in [0.25, 0.3) is 0 Å². The Morgan fingerprint density at radius 3 is 2.24 bits per heavy atom. The van der Waals surface area contributed by atoms with Crippen molar-refractivity contribution in [2.45, 2.75) is 39.8 Å². The molecule has 0 bridgehead atoms. The number of anilines is 1. The van der Waals surface area contributed by atoms with Crippen molar-refractivity contribution in [1.82, 2.24) is 14.9 Å². The Morgan fingerprint density at radius 2 is 1.65 bits per heavy atom. The van der Waals surface area contributed by atoms with Crippen molar-refractivity contribution in [1.29, 1.82) is 0 Å². The van der Waals surface area contributed by atoms with Crippen molar-refractivity contribution in [3.05, 3.63) is 17.5 Å². The fraction of sp³-hybridized carbons (Fsp3) is 0.692. The van der Waals surface area contributed by atoms with Gasteiger partial charge in [-0.3, -0.25) is 4.90 Å². The molecule has 0 N–H and O–H groups in total. The molecule has 1 aromatic rings. The predicted octanol–water partition coefficient (Wildman–Crippen LogP) is 1.62. The Labute approximate surface area is 104 Å². The molecule has 4 nitrogen and oxygen atoms in total. The van der Waals surface area contributed by atoms with Crippen LogP contribution in [0.2, 0.25) is 0 Å². The maximum Gasteiger partial charge on any atom is 0.226 e. The SMILES string of the molecule is Cc1cc(C)nc(N2C[C@H](C)N(C)C[C@H]2C)n1. The van der Waals surface area contributed by atoms with Crippen LogP contribution in [0.5, 0.6) is 0 Å². The molecule has 1 aromatic heterocycles. The fourth-order valence-electron chi connectivity index (χ4n) is 2.41. The third-order valence-electron chi connectivity index (χ3n) is 3.53. The Bertz CT molecular complexity index is 384. The zero-order valence-electron chi connectivity index (χ0n) is 11.4. The molecule has 2 heterocycles. The number of likely N-dealkylation sites (N-methyl/N-ethyl adjacent to an activating group) is 1. The summed E-state index contributed by atoms with van der Waals surface area (Å²) >= 11 is 0. The molecule has 1 saturated heterocycles. The molecule has 0 saturated carbocycles. The fourth-order valence-corrected chi connectivity index (χ4v) is 2.41. The van der Waals surface area contributed by atoms with Crippen LogP contribution in [0.15, 0.2) is 6.07 Å². The summed E-state index contributed by atoms with van der Waals surface area (Å²) in [4.78, 5) is 13.8. The van der Waals surface area contributed by atoms with Crippen LogP contribution < -0.4 is 4.90 Å². The molecule has 94 valence electrons. The van der Waals surface area contributed by atoms with E-state index in [-0.39, 0.29) is 0 Å². The Hall–Kier alpha value is -1.16. The maximum atomic E-state index is 4.56. The van der Waals surface area contributed by atoms with Gasteiger partial charge in [-0.15, -0.1) is 0 Å². The van der Waals surface area contributed by atoms with Gasteiger partial charge in [0.15, 0.2) is 0 Å². The Morgan fingerprint density at radius 1 is 1.06 bits per heavy atom. The molecule has 1 aliphatic heterocycles. The molecule has 0 unspecified atom stereocenters. The van der Waals surface area contributed by atoms with E-state index in [1.54, 1.807) is 0 Å². The highest BCUT2D eigenvalue weighted by atomic mass is 15.3. The number of aryl methyl sites for hydroxylation is 2. The van der Waals surface area contributed by atoms with E-state index in [1.165, 1.54) is 0 Å². The quantitative estimate of drug-likeness (QED) is 0.739. The van der Waals surface area contributed by atoms with Crippen molar-refractivity contribution in [3.63, 3.8) is 0 Å². The number of rotatable bonds is 1. The molecule has 0 amide bonds. The summed E-state index contributed by atoms with van der Waals surface area (Å²) in [5.41, 5.74) is 2.09. The smallest absolute Gasteiger partial charge is 0.226 e. The second kappa shape index (κ2) is 4.61. The van der Waals surface area contributed by atoms with Gasteiger partial charge in [0.2, 0.25) is 5.95 Å². The van der Waals surface area contributed by atoms with E-state index in [2.05, 4.69) is 40.7 Å². The first-order valence-corrected chi connectivity index (χ1v) is 6.26. The van der Waals surface area contributed by atoms with Gasteiger partial charge in [-0.25, -0.2) is 9.97 Å². The number of hydrogen-bond acceptors (Lipinski definition) is 4. The zero-order valence-corrected chi connectivity index (χ0v) is 11.4. The molecule has 2 rings (SSSR count). The molecule has 1 fully saturated rings. The van der Waals surface area contributed by atoms with Gasteiger partial charge in [0.05, 0.1) is 0 Å². The number of aromatic nitrogens is 2. The van der Waals surface area contributed by atoms with E-state index >= 15 is 0 Å². The molecule has 0 aliphatic carbocycles. The van der Waals surface area contributed by atoms with E-state index in [0.717, 1.165) is 30.4 Å². The predicted molar refractivity (Wildman–Crippen MR) is 70.4 cm³/mol. The van der Waals surface area contributed by atoms with E-state index in [0.29, 0.717) is 12.1 Å². The molecule has 17 heavy (non-hydrogen) atoms. The Balaban J connectivity index is 2.26. The van der Waals surface area contributed by atoms with Crippen LogP contribution in [0.3, 0.4) is 0 Å². The van der Waals surface area contributed by atoms with Gasteiger partial charge in [-0.2, -0.15) is 0 Å². The monoisotopic (exact) mass is 234 g/mol. The van der Waals surface area contributed by atoms with Gasteiger partial charge in [0, 0.05) is 36.6 Å². The third kappa shape index (κ3) is 2.57. The average molecular weight is 234 g/mol. The van der Waals surface area contributed by atoms with Gasteiger partial charge in [-0.1, -0.05) is 0 Å². The molecule has 2 atom stereocenters. The lowest BCUT2D eigenvalue weighted by atomic mass is 10.1. The first-order chi connectivity index (χ1) is 7.97. The van der Waals surface area contributed by atoms with E-state index in [1.807, 2.05) is 19.9 Å². The molecular weight excluding hydrogens is 212 g/mol. The van der Waals surface area contributed by atoms with Crippen LogP contribution in [0.4, 0.5) is 5.95 Å². The minimum absolute atomic E-state index is 0.470. The minimum atomic E-state index is 0.470. The normalized spacial score (nSPS) is 26.3.